The fourth-order valence-corrected chi connectivity index (χ4v) is 7.78. The minimum atomic E-state index is -0.631. The number of nitrogens with two attached hydrogens (primary N) is 1. The zero-order valence-electron chi connectivity index (χ0n) is 30.5. The van der Waals surface area contributed by atoms with E-state index in [0.29, 0.717) is 17.6 Å². The van der Waals surface area contributed by atoms with Crippen molar-refractivity contribution in [1.29, 1.82) is 0 Å². The van der Waals surface area contributed by atoms with Crippen LogP contribution in [0.1, 0.15) is 106 Å². The van der Waals surface area contributed by atoms with E-state index in [2.05, 4.69) is 55.7 Å². The summed E-state index contributed by atoms with van der Waals surface area (Å²) in [5.74, 6) is 0. The molecule has 2 fully saturated rings. The molecule has 4 aromatic rings. The van der Waals surface area contributed by atoms with Crippen molar-refractivity contribution in [3.05, 3.63) is 123 Å². The molecule has 0 radical (unpaired) electrons. The van der Waals surface area contributed by atoms with Gasteiger partial charge in [0.25, 0.3) is 5.56 Å². The highest BCUT2D eigenvalue weighted by atomic mass is 16.6. The van der Waals surface area contributed by atoms with Crippen LogP contribution in [0.3, 0.4) is 0 Å². The van der Waals surface area contributed by atoms with Crippen LogP contribution in [0.15, 0.2) is 88.2 Å². The molecule has 3 aliphatic carbocycles. The Balaban J connectivity index is 1.30. The summed E-state index contributed by atoms with van der Waals surface area (Å²) in [5, 5.41) is 11.1. The molecule has 270 valence electrons. The van der Waals surface area contributed by atoms with Crippen LogP contribution in [0, 0.1) is 0 Å². The van der Waals surface area contributed by atoms with E-state index < -0.39 is 11.7 Å². The molecule has 3 heterocycles. The average Bonchev–Trinajstić information content (AvgIpc) is 3.92. The van der Waals surface area contributed by atoms with Crippen LogP contribution < -0.4 is 16.6 Å². The largest absolute Gasteiger partial charge is 0.444 e. The Morgan fingerprint density at radius 3 is 2.62 bits per heavy atom. The lowest BCUT2D eigenvalue weighted by Gasteiger charge is -2.44. The summed E-state index contributed by atoms with van der Waals surface area (Å²) in [7, 11) is 1.75. The van der Waals surface area contributed by atoms with Crippen molar-refractivity contribution in [2.75, 3.05) is 7.05 Å². The molecule has 11 nitrogen and oxygen atoms in total. The highest BCUT2D eigenvalue weighted by Gasteiger charge is 2.52. The Labute approximate surface area is 304 Å². The van der Waals surface area contributed by atoms with Gasteiger partial charge in [-0.1, -0.05) is 17.7 Å². The highest BCUT2D eigenvalue weighted by Crippen LogP contribution is 2.59. The normalized spacial score (nSPS) is 18.1. The number of aliphatic imine (C=N–C) groups is 1. The number of nitrogens with one attached hydrogen (secondary N) is 2. The topological polar surface area (TPSA) is 151 Å². The van der Waals surface area contributed by atoms with Gasteiger partial charge in [0.2, 0.25) is 0 Å². The number of aryl methyl sites for hydroxylation is 1. The smallest absolute Gasteiger partial charge is 0.407 e. The van der Waals surface area contributed by atoms with Crippen molar-refractivity contribution < 1.29 is 9.53 Å². The Morgan fingerprint density at radius 1 is 1.12 bits per heavy atom. The number of hydrogen-bond donors (Lipinski definition) is 3. The highest BCUT2D eigenvalue weighted by molar-refractivity contribution is 6.08. The summed E-state index contributed by atoms with van der Waals surface area (Å²) in [4.78, 5) is 42.5. The second-order valence-electron chi connectivity index (χ2n) is 15.1. The first-order valence-corrected chi connectivity index (χ1v) is 18.3. The molecule has 0 bridgehead atoms. The van der Waals surface area contributed by atoms with Gasteiger partial charge in [-0.15, -0.1) is 0 Å². The van der Waals surface area contributed by atoms with Crippen LogP contribution in [-0.4, -0.2) is 49.5 Å². The van der Waals surface area contributed by atoms with E-state index in [9.17, 15) is 9.59 Å². The van der Waals surface area contributed by atoms with Gasteiger partial charge in [0.1, 0.15) is 5.60 Å². The van der Waals surface area contributed by atoms with Crippen LogP contribution in [0.2, 0.25) is 0 Å². The Morgan fingerprint density at radius 2 is 1.94 bits per heavy atom. The first-order valence-electron chi connectivity index (χ1n) is 18.3. The van der Waals surface area contributed by atoms with Crippen molar-refractivity contribution >= 4 is 22.6 Å². The summed E-state index contributed by atoms with van der Waals surface area (Å²) in [5.41, 5.74) is 14.3. The summed E-state index contributed by atoms with van der Waals surface area (Å²) < 4.78 is 5.47. The molecule has 0 spiro atoms. The number of ether oxygens (including phenoxy) is 1. The van der Waals surface area contributed by atoms with E-state index >= 15 is 0 Å². The summed E-state index contributed by atoms with van der Waals surface area (Å²) in [6.45, 7) is 6.22. The maximum atomic E-state index is 13.0. The Kier molecular flexibility index (Phi) is 9.69. The number of pyridine rings is 2. The minimum Gasteiger partial charge on any atom is -0.444 e. The van der Waals surface area contributed by atoms with Gasteiger partial charge in [-0.05, 0) is 126 Å². The molecule has 4 N–H and O–H groups in total. The number of benzene rings is 1. The molecule has 3 aromatic heterocycles. The number of aromatic nitrogens is 4. The Bertz CT molecular complexity index is 2120. The number of allylic oxidation sites excluding steroid dienone is 3. The molecule has 7 rings (SSSR count). The van der Waals surface area contributed by atoms with Crippen molar-refractivity contribution in [3.8, 4) is 0 Å². The number of amides is 1. The van der Waals surface area contributed by atoms with Gasteiger partial charge in [-0.25, -0.2) is 9.89 Å². The number of aromatic amines is 1. The van der Waals surface area contributed by atoms with Crippen LogP contribution in [-0.2, 0) is 29.7 Å². The van der Waals surface area contributed by atoms with Gasteiger partial charge < -0.3 is 20.7 Å². The predicted octanol–water partition coefficient (Wildman–Crippen LogP) is 6.68. The monoisotopic (exact) mass is 700 g/mol. The van der Waals surface area contributed by atoms with E-state index in [4.69, 9.17) is 20.4 Å². The lowest BCUT2D eigenvalue weighted by atomic mass is 9.79. The molecule has 11 heteroatoms. The van der Waals surface area contributed by atoms with Gasteiger partial charge in [-0.3, -0.25) is 19.8 Å². The number of hydrogen-bond acceptors (Lipinski definition) is 9. The molecule has 0 saturated heterocycles. The third kappa shape index (κ3) is 7.09. The van der Waals surface area contributed by atoms with Crippen molar-refractivity contribution in [2.45, 2.75) is 102 Å². The summed E-state index contributed by atoms with van der Waals surface area (Å²) >= 11 is 0. The zero-order chi connectivity index (χ0) is 36.5. The number of carbonyl (C=O) groups is 1. The number of nitrogens with zero attached hydrogens (tertiary/aromatic N) is 5. The van der Waals surface area contributed by atoms with Crippen LogP contribution in [0.5, 0.6) is 0 Å². The minimum absolute atomic E-state index is 0.0958. The van der Waals surface area contributed by atoms with Crippen LogP contribution in [0.4, 0.5) is 4.79 Å². The van der Waals surface area contributed by atoms with Gasteiger partial charge in [0.15, 0.2) is 0 Å². The van der Waals surface area contributed by atoms with E-state index in [0.717, 1.165) is 78.6 Å². The second kappa shape index (κ2) is 14.4. The van der Waals surface area contributed by atoms with Gasteiger partial charge in [0, 0.05) is 41.5 Å². The summed E-state index contributed by atoms with van der Waals surface area (Å²) in [6, 6.07) is 14.7. The first kappa shape index (κ1) is 35.1. The molecule has 1 aromatic carbocycles. The maximum Gasteiger partial charge on any atom is 0.407 e. The average molecular weight is 701 g/mol. The number of fused-ring (bicyclic) bond motifs is 2. The Hall–Kier alpha value is -5.32. The van der Waals surface area contributed by atoms with Crippen molar-refractivity contribution in [1.82, 2.24) is 30.4 Å². The maximum absolute atomic E-state index is 13.0. The van der Waals surface area contributed by atoms with Crippen molar-refractivity contribution in [3.63, 3.8) is 0 Å². The fraction of sp³-hybridized carbons (Fsp3) is 0.415. The standard InChI is InChI=1S/C41H48N8O3/c1-40(2,3)52-39(51)46-24-34-32-22-29(14-16-31(32)38(50)48-47-34)41(18-19-41)37(27-9-5-10-27)49(35-12-6-8-26-11-7-21-44-36(26)35)25-30-15-13-28(23-45-30)33(43-4)17-20-42/h7,11,13-17,20-23,35H,5-6,8-10,12,18-19,24-25,42H2,1-4H3,(H,46,51)(H,48,50)/b20-17-,43-33?. The van der Waals surface area contributed by atoms with Crippen LogP contribution in [0.25, 0.3) is 10.8 Å². The quantitative estimate of drug-likeness (QED) is 0.155. The number of rotatable bonds is 10. The molecule has 0 aliphatic heterocycles. The molecule has 1 atom stereocenters. The number of carbonyl (C=O) groups excluding carboxylic acids is 1. The van der Waals surface area contributed by atoms with Crippen molar-refractivity contribution in [2.24, 2.45) is 10.7 Å². The SMILES string of the molecule is CN=C(/C=C\N)c1ccc(CN(C(=C2CCC2)C2(c3ccc4c(=O)[nH]nc(CNC(=O)OC(C)(C)C)c4c3)CC2)C2CCCc3cccnc32)nc1. The van der Waals surface area contributed by atoms with E-state index in [1.54, 1.807) is 13.1 Å². The molecule has 52 heavy (non-hydrogen) atoms. The van der Waals surface area contributed by atoms with E-state index in [1.807, 2.05) is 45.3 Å². The fourth-order valence-electron chi connectivity index (χ4n) is 7.78. The summed E-state index contributed by atoms with van der Waals surface area (Å²) in [6.07, 6.45) is 14.9. The van der Waals surface area contributed by atoms with Gasteiger partial charge >= 0.3 is 6.09 Å². The number of alkyl carbamates (subject to hydrolysis) is 1. The third-order valence-electron chi connectivity index (χ3n) is 10.5. The van der Waals surface area contributed by atoms with E-state index in [1.165, 1.54) is 29.5 Å². The lowest BCUT2D eigenvalue weighted by molar-refractivity contribution is 0.0523. The third-order valence-corrected chi connectivity index (χ3v) is 10.5. The molecule has 1 amide bonds. The van der Waals surface area contributed by atoms with E-state index in [-0.39, 0.29) is 23.6 Å². The molecular formula is C41H48N8O3. The zero-order valence-corrected chi connectivity index (χ0v) is 30.5. The number of H-pyrrole nitrogens is 1. The van der Waals surface area contributed by atoms with Crippen LogP contribution >= 0.6 is 0 Å². The second-order valence-corrected chi connectivity index (χ2v) is 15.1. The molecule has 3 aliphatic rings. The lowest BCUT2D eigenvalue weighted by Crippen LogP contribution is -2.38. The molecular weight excluding hydrogens is 653 g/mol. The first-order chi connectivity index (χ1) is 25.1. The molecule has 1 unspecified atom stereocenters. The predicted molar refractivity (Wildman–Crippen MR) is 203 cm³/mol. The molecule has 2 saturated carbocycles. The van der Waals surface area contributed by atoms with Gasteiger partial charge in [-0.2, -0.15) is 5.10 Å². The van der Waals surface area contributed by atoms with Gasteiger partial charge in [0.05, 0.1) is 47.3 Å².